The first kappa shape index (κ1) is 16.2. The molecule has 0 fully saturated rings. The van der Waals surface area contributed by atoms with Crippen molar-refractivity contribution in [3.63, 3.8) is 0 Å². The fraction of sp³-hybridized carbons (Fsp3) is 0.188. The van der Waals surface area contributed by atoms with E-state index in [0.29, 0.717) is 17.0 Å². The number of hydrogen-bond donors (Lipinski definition) is 1. The molecule has 0 aliphatic rings. The predicted octanol–water partition coefficient (Wildman–Crippen LogP) is 2.97. The summed E-state index contributed by atoms with van der Waals surface area (Å²) in [6.45, 7) is 0. The topological polar surface area (TPSA) is 55.4 Å². The summed E-state index contributed by atoms with van der Waals surface area (Å²) in [7, 11) is 0.427. The summed E-state index contributed by atoms with van der Waals surface area (Å²) in [6, 6.07) is 10.8. The molecule has 2 aromatic carbocycles. The van der Waals surface area contributed by atoms with Gasteiger partial charge in [0.1, 0.15) is 11.6 Å². The molecule has 2 rings (SSSR count). The Morgan fingerprint density at radius 2 is 2.05 bits per heavy atom. The maximum Gasteiger partial charge on any atom is 0.255 e. The summed E-state index contributed by atoms with van der Waals surface area (Å²) >= 11 is 0. The van der Waals surface area contributed by atoms with Gasteiger partial charge in [0.05, 0.1) is 12.8 Å². The van der Waals surface area contributed by atoms with Crippen molar-refractivity contribution in [3.8, 4) is 5.75 Å². The summed E-state index contributed by atoms with van der Waals surface area (Å²) in [5.74, 6) is -0.142. The highest BCUT2D eigenvalue weighted by Crippen LogP contribution is 2.25. The molecule has 2 aromatic rings. The lowest BCUT2D eigenvalue weighted by Crippen LogP contribution is -2.13. The van der Waals surface area contributed by atoms with Gasteiger partial charge in [0.25, 0.3) is 5.91 Å². The number of nitrogens with one attached hydrogen (secondary N) is 1. The number of benzene rings is 2. The molecule has 6 heteroatoms. The van der Waals surface area contributed by atoms with Gasteiger partial charge in [-0.3, -0.25) is 9.00 Å². The van der Waals surface area contributed by atoms with Gasteiger partial charge in [-0.25, -0.2) is 4.39 Å². The molecule has 1 amide bonds. The number of hydrogen-bond acceptors (Lipinski definition) is 3. The third-order valence-electron chi connectivity index (χ3n) is 2.97. The molecular weight excluding hydrogens is 305 g/mol. The molecule has 1 atom stereocenters. The number of carbonyl (C=O) groups excluding carboxylic acids is 1. The van der Waals surface area contributed by atoms with E-state index in [2.05, 4.69) is 5.32 Å². The number of rotatable bonds is 5. The number of carbonyl (C=O) groups is 1. The SMILES string of the molecule is COc1cc(F)ccc1NC(=O)c1cccc(CS(C)=O)c1. The third kappa shape index (κ3) is 4.14. The molecule has 0 spiro atoms. The average Bonchev–Trinajstić information content (AvgIpc) is 2.48. The van der Waals surface area contributed by atoms with Crippen molar-refractivity contribution in [2.24, 2.45) is 0 Å². The van der Waals surface area contributed by atoms with Crippen molar-refractivity contribution < 1.29 is 18.1 Å². The Morgan fingerprint density at radius 1 is 1.27 bits per heavy atom. The fourth-order valence-electron chi connectivity index (χ4n) is 2.00. The first-order chi connectivity index (χ1) is 10.5. The van der Waals surface area contributed by atoms with Gasteiger partial charge in [-0.05, 0) is 29.8 Å². The van der Waals surface area contributed by atoms with Crippen LogP contribution in [0.1, 0.15) is 15.9 Å². The highest BCUT2D eigenvalue weighted by Gasteiger charge is 2.11. The summed E-state index contributed by atoms with van der Waals surface area (Å²) in [4.78, 5) is 12.3. The Labute approximate surface area is 130 Å². The lowest BCUT2D eigenvalue weighted by molar-refractivity contribution is 0.102. The second-order valence-electron chi connectivity index (χ2n) is 4.72. The molecule has 1 unspecified atom stereocenters. The van der Waals surface area contributed by atoms with Crippen molar-refractivity contribution in [1.29, 1.82) is 0 Å². The summed E-state index contributed by atoms with van der Waals surface area (Å²) < 4.78 is 29.5. The van der Waals surface area contributed by atoms with E-state index < -0.39 is 16.6 Å². The van der Waals surface area contributed by atoms with E-state index in [-0.39, 0.29) is 11.7 Å². The molecule has 0 aliphatic carbocycles. The average molecular weight is 321 g/mol. The van der Waals surface area contributed by atoms with E-state index in [1.807, 2.05) is 6.07 Å². The van der Waals surface area contributed by atoms with Gasteiger partial charge in [0.2, 0.25) is 0 Å². The van der Waals surface area contributed by atoms with Crippen LogP contribution in [0.2, 0.25) is 0 Å². The molecule has 0 aliphatic heterocycles. The molecular formula is C16H16FNO3S. The molecule has 1 N–H and O–H groups in total. The molecule has 0 heterocycles. The molecule has 4 nitrogen and oxygen atoms in total. The van der Waals surface area contributed by atoms with Gasteiger partial charge in [-0.2, -0.15) is 0 Å². The van der Waals surface area contributed by atoms with Crippen LogP contribution in [-0.2, 0) is 16.6 Å². The second-order valence-corrected chi connectivity index (χ2v) is 6.15. The summed E-state index contributed by atoms with van der Waals surface area (Å²) in [6.07, 6.45) is 1.61. The minimum absolute atomic E-state index is 0.249. The smallest absolute Gasteiger partial charge is 0.255 e. The van der Waals surface area contributed by atoms with E-state index in [1.54, 1.807) is 24.5 Å². The number of halogens is 1. The van der Waals surface area contributed by atoms with Gasteiger partial charge in [0.15, 0.2) is 0 Å². The molecule has 22 heavy (non-hydrogen) atoms. The van der Waals surface area contributed by atoms with E-state index in [0.717, 1.165) is 5.56 Å². The Balaban J connectivity index is 2.20. The highest BCUT2D eigenvalue weighted by atomic mass is 32.2. The number of amides is 1. The standard InChI is InChI=1S/C16H16FNO3S/c1-21-15-9-13(17)6-7-14(15)18-16(19)12-5-3-4-11(8-12)10-22(2)20/h3-9H,10H2,1-2H3,(H,18,19). The van der Waals surface area contributed by atoms with Gasteiger partial charge in [-0.15, -0.1) is 0 Å². The number of ether oxygens (including phenoxy) is 1. The van der Waals surface area contributed by atoms with Crippen molar-refractivity contribution in [3.05, 3.63) is 59.4 Å². The van der Waals surface area contributed by atoms with E-state index in [9.17, 15) is 13.4 Å². The van der Waals surface area contributed by atoms with Crippen LogP contribution in [-0.4, -0.2) is 23.5 Å². The number of methoxy groups -OCH3 is 1. The van der Waals surface area contributed by atoms with E-state index >= 15 is 0 Å². The highest BCUT2D eigenvalue weighted by molar-refractivity contribution is 7.83. The lowest BCUT2D eigenvalue weighted by Gasteiger charge is -2.10. The predicted molar refractivity (Wildman–Crippen MR) is 85.1 cm³/mol. The zero-order valence-corrected chi connectivity index (χ0v) is 13.1. The minimum Gasteiger partial charge on any atom is -0.494 e. The Bertz CT molecular complexity index is 718. The molecule has 0 saturated heterocycles. The van der Waals surface area contributed by atoms with E-state index in [4.69, 9.17) is 4.74 Å². The monoisotopic (exact) mass is 321 g/mol. The molecule has 0 aromatic heterocycles. The Kier molecular flexibility index (Phi) is 5.27. The quantitative estimate of drug-likeness (QED) is 0.921. The zero-order chi connectivity index (χ0) is 16.1. The van der Waals surface area contributed by atoms with Crippen LogP contribution in [0.4, 0.5) is 10.1 Å². The van der Waals surface area contributed by atoms with E-state index in [1.165, 1.54) is 25.3 Å². The Morgan fingerprint density at radius 3 is 2.73 bits per heavy atom. The first-order valence-corrected chi connectivity index (χ1v) is 8.26. The van der Waals surface area contributed by atoms with Crippen LogP contribution in [0.15, 0.2) is 42.5 Å². The Hall–Kier alpha value is -2.21. The van der Waals surface area contributed by atoms with Crippen LogP contribution in [0.3, 0.4) is 0 Å². The van der Waals surface area contributed by atoms with Crippen molar-refractivity contribution >= 4 is 22.4 Å². The molecule has 116 valence electrons. The van der Waals surface area contributed by atoms with Crippen molar-refractivity contribution in [2.75, 3.05) is 18.7 Å². The van der Waals surface area contributed by atoms with Crippen molar-refractivity contribution in [2.45, 2.75) is 5.75 Å². The van der Waals surface area contributed by atoms with Gasteiger partial charge >= 0.3 is 0 Å². The molecule has 0 saturated carbocycles. The van der Waals surface area contributed by atoms with Crippen LogP contribution in [0, 0.1) is 5.82 Å². The third-order valence-corrected chi connectivity index (χ3v) is 3.71. The number of anilines is 1. The summed E-state index contributed by atoms with van der Waals surface area (Å²) in [5, 5.41) is 2.68. The van der Waals surface area contributed by atoms with Crippen molar-refractivity contribution in [1.82, 2.24) is 0 Å². The maximum absolute atomic E-state index is 13.1. The lowest BCUT2D eigenvalue weighted by atomic mass is 10.1. The zero-order valence-electron chi connectivity index (χ0n) is 12.3. The van der Waals surface area contributed by atoms with Crippen LogP contribution in [0.5, 0.6) is 5.75 Å². The summed E-state index contributed by atoms with van der Waals surface area (Å²) in [5.41, 5.74) is 1.65. The largest absolute Gasteiger partial charge is 0.494 e. The maximum atomic E-state index is 13.1. The van der Waals surface area contributed by atoms with Gasteiger partial charge < -0.3 is 10.1 Å². The second kappa shape index (κ2) is 7.17. The minimum atomic E-state index is -0.977. The fourth-order valence-corrected chi connectivity index (χ4v) is 2.65. The van der Waals surface area contributed by atoms with Crippen LogP contribution >= 0.6 is 0 Å². The first-order valence-electron chi connectivity index (χ1n) is 6.53. The van der Waals surface area contributed by atoms with Crippen LogP contribution < -0.4 is 10.1 Å². The molecule has 0 bridgehead atoms. The van der Waals surface area contributed by atoms with Gasteiger partial charge in [0, 0.05) is 34.4 Å². The molecule has 0 radical (unpaired) electrons. The normalized spacial score (nSPS) is 11.8. The van der Waals surface area contributed by atoms with Gasteiger partial charge in [-0.1, -0.05) is 12.1 Å². The van der Waals surface area contributed by atoms with Crippen LogP contribution in [0.25, 0.3) is 0 Å².